The Hall–Kier alpha value is -4.13. The van der Waals surface area contributed by atoms with E-state index in [1.165, 1.54) is 24.3 Å². The average molecular weight is 531 g/mol. The zero-order valence-electron chi connectivity index (χ0n) is 22.2. The van der Waals surface area contributed by atoms with Gasteiger partial charge in [-0.25, -0.2) is 9.59 Å². The molecule has 39 heavy (non-hydrogen) atoms. The van der Waals surface area contributed by atoms with Crippen LogP contribution in [0.2, 0.25) is 0 Å². The number of rotatable bonds is 12. The van der Waals surface area contributed by atoms with E-state index < -0.39 is 23.8 Å². The van der Waals surface area contributed by atoms with Crippen molar-refractivity contribution in [2.75, 3.05) is 6.61 Å². The summed E-state index contributed by atoms with van der Waals surface area (Å²) >= 11 is 0. The number of esters is 2. The third-order valence-corrected chi connectivity index (χ3v) is 6.87. The quantitative estimate of drug-likeness (QED) is 0.153. The number of carboxylic acids is 1. The van der Waals surface area contributed by atoms with E-state index in [1.807, 2.05) is 24.3 Å². The Morgan fingerprint density at radius 2 is 1.59 bits per heavy atom. The molecule has 204 valence electrons. The molecule has 0 heterocycles. The summed E-state index contributed by atoms with van der Waals surface area (Å²) in [6.45, 7) is 2.56. The molecule has 7 heteroatoms. The molecule has 4 rings (SSSR count). The molecule has 1 atom stereocenters. The lowest BCUT2D eigenvalue weighted by Crippen LogP contribution is -2.24. The Kier molecular flexibility index (Phi) is 9.73. The molecule has 0 radical (unpaired) electrons. The summed E-state index contributed by atoms with van der Waals surface area (Å²) in [5.41, 5.74) is 2.18. The Bertz CT molecular complexity index is 1300. The van der Waals surface area contributed by atoms with Gasteiger partial charge in [-0.05, 0) is 73.2 Å². The molecule has 0 aliphatic heterocycles. The van der Waals surface area contributed by atoms with Crippen molar-refractivity contribution in [2.45, 2.75) is 64.2 Å². The van der Waals surface area contributed by atoms with Crippen LogP contribution in [0.4, 0.5) is 0 Å². The second-order valence-corrected chi connectivity index (χ2v) is 9.68. The van der Waals surface area contributed by atoms with Crippen molar-refractivity contribution < 1.29 is 33.7 Å². The van der Waals surface area contributed by atoms with Crippen molar-refractivity contribution in [2.24, 2.45) is 0 Å². The summed E-state index contributed by atoms with van der Waals surface area (Å²) in [7, 11) is 0. The van der Waals surface area contributed by atoms with Crippen molar-refractivity contribution in [3.63, 3.8) is 0 Å². The number of hydrogen-bond donors (Lipinski definition) is 1. The normalized spacial score (nSPS) is 14.2. The van der Waals surface area contributed by atoms with Crippen molar-refractivity contribution in [1.29, 1.82) is 0 Å². The lowest BCUT2D eigenvalue weighted by Gasteiger charge is -2.24. The highest BCUT2D eigenvalue weighted by Gasteiger charge is 2.30. The van der Waals surface area contributed by atoms with Gasteiger partial charge in [-0.15, -0.1) is 0 Å². The maximum absolute atomic E-state index is 13.4. The van der Waals surface area contributed by atoms with Crippen molar-refractivity contribution in [3.8, 4) is 17.2 Å². The SMILES string of the molecule is CCCCCCCOc1cccc(OC(=O)C2CCCc3ccccc32)c1C(=O)Oc1ccc(C(=O)O)cc1. The van der Waals surface area contributed by atoms with Crippen LogP contribution < -0.4 is 14.2 Å². The van der Waals surface area contributed by atoms with Gasteiger partial charge in [0.2, 0.25) is 0 Å². The second kappa shape index (κ2) is 13.6. The van der Waals surface area contributed by atoms with Crippen LogP contribution >= 0.6 is 0 Å². The van der Waals surface area contributed by atoms with Crippen LogP contribution in [0.1, 0.15) is 89.6 Å². The van der Waals surface area contributed by atoms with Crippen LogP contribution in [0.5, 0.6) is 17.2 Å². The first-order valence-electron chi connectivity index (χ1n) is 13.6. The molecule has 0 aromatic heterocycles. The highest BCUT2D eigenvalue weighted by atomic mass is 16.6. The molecule has 7 nitrogen and oxygen atoms in total. The Morgan fingerprint density at radius 1 is 0.846 bits per heavy atom. The number of carbonyl (C=O) groups excluding carboxylic acids is 2. The molecule has 0 fully saturated rings. The van der Waals surface area contributed by atoms with Gasteiger partial charge in [-0.3, -0.25) is 4.79 Å². The van der Waals surface area contributed by atoms with Gasteiger partial charge in [0.1, 0.15) is 22.8 Å². The van der Waals surface area contributed by atoms with Crippen LogP contribution in [0.15, 0.2) is 66.7 Å². The fourth-order valence-electron chi connectivity index (χ4n) is 4.81. The third-order valence-electron chi connectivity index (χ3n) is 6.87. The highest BCUT2D eigenvalue weighted by Crippen LogP contribution is 2.35. The van der Waals surface area contributed by atoms with E-state index >= 15 is 0 Å². The summed E-state index contributed by atoms with van der Waals surface area (Å²) in [6.07, 6.45) is 7.71. The van der Waals surface area contributed by atoms with Crippen LogP contribution in [-0.4, -0.2) is 29.6 Å². The molecule has 3 aromatic rings. The fourth-order valence-corrected chi connectivity index (χ4v) is 4.81. The minimum absolute atomic E-state index is 0.0193. The van der Waals surface area contributed by atoms with Crippen molar-refractivity contribution >= 4 is 17.9 Å². The van der Waals surface area contributed by atoms with Crippen molar-refractivity contribution in [1.82, 2.24) is 0 Å². The number of ether oxygens (including phenoxy) is 3. The molecule has 0 saturated heterocycles. The molecule has 1 aliphatic carbocycles. The lowest BCUT2D eigenvalue weighted by molar-refractivity contribution is -0.136. The smallest absolute Gasteiger partial charge is 0.351 e. The van der Waals surface area contributed by atoms with Crippen LogP contribution in [0.25, 0.3) is 0 Å². The molecule has 0 amide bonds. The zero-order valence-corrected chi connectivity index (χ0v) is 22.2. The minimum atomic E-state index is -1.08. The van der Waals surface area contributed by atoms with Gasteiger partial charge in [0, 0.05) is 0 Å². The van der Waals surface area contributed by atoms with Gasteiger partial charge in [0.15, 0.2) is 0 Å². The van der Waals surface area contributed by atoms with Gasteiger partial charge in [0.25, 0.3) is 0 Å². The number of hydrogen-bond acceptors (Lipinski definition) is 6. The lowest BCUT2D eigenvalue weighted by atomic mass is 9.83. The van der Waals surface area contributed by atoms with E-state index in [1.54, 1.807) is 18.2 Å². The van der Waals surface area contributed by atoms with E-state index in [0.717, 1.165) is 56.1 Å². The monoisotopic (exact) mass is 530 g/mol. The van der Waals surface area contributed by atoms with Crippen LogP contribution in [-0.2, 0) is 11.2 Å². The standard InChI is InChI=1S/C32H34O7/c1-2-3-4-5-8-21-37-27-15-10-16-28(29(27)32(36)38-24-19-17-23(18-20-24)30(33)34)39-31(35)26-14-9-12-22-11-6-7-13-25(22)26/h6-7,10-11,13,15-20,26H,2-5,8-9,12,14,21H2,1H3,(H,33,34). The summed E-state index contributed by atoms with van der Waals surface area (Å²) < 4.78 is 17.4. The Labute approximate surface area is 228 Å². The van der Waals surface area contributed by atoms with E-state index in [2.05, 4.69) is 6.92 Å². The van der Waals surface area contributed by atoms with Gasteiger partial charge < -0.3 is 19.3 Å². The van der Waals surface area contributed by atoms with Gasteiger partial charge in [0.05, 0.1) is 18.1 Å². The summed E-state index contributed by atoms with van der Waals surface area (Å²) in [4.78, 5) is 37.9. The maximum Gasteiger partial charge on any atom is 0.351 e. The van der Waals surface area contributed by atoms with E-state index in [9.17, 15) is 14.4 Å². The number of aromatic carboxylic acids is 1. The van der Waals surface area contributed by atoms with Gasteiger partial charge in [-0.1, -0.05) is 62.9 Å². The molecule has 1 unspecified atom stereocenters. The topological polar surface area (TPSA) is 99.1 Å². The molecular weight excluding hydrogens is 496 g/mol. The number of aryl methyl sites for hydroxylation is 1. The molecule has 1 aliphatic rings. The largest absolute Gasteiger partial charge is 0.493 e. The molecule has 3 aromatic carbocycles. The summed E-state index contributed by atoms with van der Waals surface area (Å²) in [5.74, 6) is -2.19. The molecule has 0 bridgehead atoms. The number of carbonyl (C=O) groups is 3. The van der Waals surface area contributed by atoms with E-state index in [0.29, 0.717) is 13.0 Å². The molecular formula is C32H34O7. The highest BCUT2D eigenvalue weighted by molar-refractivity contribution is 5.98. The average Bonchev–Trinajstić information content (AvgIpc) is 2.95. The first-order chi connectivity index (χ1) is 19.0. The van der Waals surface area contributed by atoms with Gasteiger partial charge >= 0.3 is 17.9 Å². The number of benzene rings is 3. The summed E-state index contributed by atoms with van der Waals surface area (Å²) in [5, 5.41) is 9.14. The molecule has 1 N–H and O–H groups in total. The van der Waals surface area contributed by atoms with E-state index in [4.69, 9.17) is 19.3 Å². The molecule has 0 saturated carbocycles. The first kappa shape index (κ1) is 27.9. The van der Waals surface area contributed by atoms with Gasteiger partial charge in [-0.2, -0.15) is 0 Å². The minimum Gasteiger partial charge on any atom is -0.493 e. The predicted molar refractivity (Wildman–Crippen MR) is 147 cm³/mol. The predicted octanol–water partition coefficient (Wildman–Crippen LogP) is 6.98. The van der Waals surface area contributed by atoms with Crippen LogP contribution in [0, 0.1) is 0 Å². The fraction of sp³-hybridized carbons (Fsp3) is 0.344. The maximum atomic E-state index is 13.4. The van der Waals surface area contributed by atoms with Crippen molar-refractivity contribution in [3.05, 3.63) is 89.0 Å². The number of fused-ring (bicyclic) bond motifs is 1. The summed E-state index contributed by atoms with van der Waals surface area (Å²) in [6, 6.07) is 18.3. The second-order valence-electron chi connectivity index (χ2n) is 9.68. The Morgan fingerprint density at radius 3 is 2.36 bits per heavy atom. The number of unbranched alkanes of at least 4 members (excludes halogenated alkanes) is 4. The van der Waals surface area contributed by atoms with Crippen LogP contribution in [0.3, 0.4) is 0 Å². The Balaban J connectivity index is 1.57. The zero-order chi connectivity index (χ0) is 27.6. The third kappa shape index (κ3) is 7.25. The first-order valence-corrected chi connectivity index (χ1v) is 13.6. The van der Waals surface area contributed by atoms with E-state index in [-0.39, 0.29) is 28.4 Å². The molecule has 0 spiro atoms. The number of carboxylic acid groups (broad SMARTS) is 1.